The van der Waals surface area contributed by atoms with Crippen LogP contribution in [-0.2, 0) is 5.41 Å². The highest BCUT2D eigenvalue weighted by Gasteiger charge is 2.21. The molecule has 1 atom stereocenters. The van der Waals surface area contributed by atoms with Crippen LogP contribution < -0.4 is 5.32 Å². The largest absolute Gasteiger partial charge is 0.297 e. The van der Waals surface area contributed by atoms with E-state index in [0.717, 1.165) is 10.7 Å². The first-order valence-electron chi connectivity index (χ1n) is 6.09. The SMILES string of the molecule is CC(C)(C)c1nc(C(C#N)NCCCN=[N+]=[N-])cs1. The molecule has 1 heterocycles. The molecular weight excluding hydrogens is 260 g/mol. The Morgan fingerprint density at radius 1 is 1.63 bits per heavy atom. The smallest absolute Gasteiger partial charge is 0.139 e. The summed E-state index contributed by atoms with van der Waals surface area (Å²) in [6.07, 6.45) is 0.707. The summed E-state index contributed by atoms with van der Waals surface area (Å²) in [6.45, 7) is 7.37. The summed E-state index contributed by atoms with van der Waals surface area (Å²) in [5.41, 5.74) is 8.92. The van der Waals surface area contributed by atoms with E-state index in [9.17, 15) is 0 Å². The van der Waals surface area contributed by atoms with Gasteiger partial charge in [0.1, 0.15) is 6.04 Å². The molecule has 102 valence electrons. The van der Waals surface area contributed by atoms with Gasteiger partial charge in [0.2, 0.25) is 0 Å². The molecule has 1 N–H and O–H groups in total. The second-order valence-corrected chi connectivity index (χ2v) is 6.01. The molecule has 0 spiro atoms. The van der Waals surface area contributed by atoms with Crippen LogP contribution in [0.2, 0.25) is 0 Å². The second-order valence-electron chi connectivity index (χ2n) is 5.15. The van der Waals surface area contributed by atoms with Gasteiger partial charge >= 0.3 is 0 Å². The van der Waals surface area contributed by atoms with Crippen LogP contribution in [0.4, 0.5) is 0 Å². The summed E-state index contributed by atoms with van der Waals surface area (Å²) in [6, 6.07) is 1.80. The highest BCUT2D eigenvalue weighted by molar-refractivity contribution is 7.09. The van der Waals surface area contributed by atoms with Crippen molar-refractivity contribution in [1.29, 1.82) is 5.26 Å². The number of nitriles is 1. The van der Waals surface area contributed by atoms with Gasteiger partial charge in [0.15, 0.2) is 0 Å². The topological polar surface area (TPSA) is 97.5 Å². The summed E-state index contributed by atoms with van der Waals surface area (Å²) in [4.78, 5) is 7.20. The van der Waals surface area contributed by atoms with Crippen molar-refractivity contribution in [3.05, 3.63) is 26.5 Å². The van der Waals surface area contributed by atoms with E-state index in [1.165, 1.54) is 0 Å². The van der Waals surface area contributed by atoms with Gasteiger partial charge < -0.3 is 0 Å². The van der Waals surface area contributed by atoms with Gasteiger partial charge in [0.05, 0.1) is 16.8 Å². The molecule has 1 aromatic rings. The summed E-state index contributed by atoms with van der Waals surface area (Å²) < 4.78 is 0. The first-order chi connectivity index (χ1) is 8.99. The van der Waals surface area contributed by atoms with Crippen LogP contribution in [0.25, 0.3) is 10.4 Å². The molecule has 0 bridgehead atoms. The van der Waals surface area contributed by atoms with E-state index in [2.05, 4.69) is 47.2 Å². The fourth-order valence-corrected chi connectivity index (χ4v) is 2.35. The van der Waals surface area contributed by atoms with Crippen molar-refractivity contribution in [2.24, 2.45) is 5.11 Å². The number of hydrogen-bond acceptors (Lipinski definition) is 5. The van der Waals surface area contributed by atoms with E-state index in [1.54, 1.807) is 11.3 Å². The van der Waals surface area contributed by atoms with Crippen molar-refractivity contribution >= 4 is 11.3 Å². The maximum atomic E-state index is 9.16. The molecule has 0 radical (unpaired) electrons. The van der Waals surface area contributed by atoms with Crippen LogP contribution in [0.15, 0.2) is 10.5 Å². The zero-order valence-electron chi connectivity index (χ0n) is 11.4. The minimum absolute atomic E-state index is 0.00440. The van der Waals surface area contributed by atoms with Crippen LogP contribution >= 0.6 is 11.3 Å². The molecule has 0 aromatic carbocycles. The molecule has 0 fully saturated rings. The van der Waals surface area contributed by atoms with Crippen molar-refractivity contribution in [3.8, 4) is 6.07 Å². The van der Waals surface area contributed by atoms with Crippen LogP contribution in [0.1, 0.15) is 43.9 Å². The normalized spacial score (nSPS) is 12.5. The fraction of sp³-hybridized carbons (Fsp3) is 0.667. The van der Waals surface area contributed by atoms with Crippen molar-refractivity contribution in [2.75, 3.05) is 13.1 Å². The van der Waals surface area contributed by atoms with E-state index in [1.807, 2.05) is 5.38 Å². The third kappa shape index (κ3) is 4.87. The number of nitrogens with one attached hydrogen (secondary N) is 1. The average molecular weight is 278 g/mol. The van der Waals surface area contributed by atoms with E-state index in [-0.39, 0.29) is 5.41 Å². The van der Waals surface area contributed by atoms with Crippen LogP contribution in [0, 0.1) is 11.3 Å². The number of azide groups is 1. The summed E-state index contributed by atoms with van der Waals surface area (Å²) in [5.74, 6) is 0. The quantitative estimate of drug-likeness (QED) is 0.374. The van der Waals surface area contributed by atoms with Gasteiger partial charge in [-0.05, 0) is 18.5 Å². The molecule has 1 rings (SSSR count). The Balaban J connectivity index is 2.58. The Bertz CT molecular complexity index is 489. The van der Waals surface area contributed by atoms with Gasteiger partial charge in [-0.3, -0.25) is 5.32 Å². The number of nitrogens with zero attached hydrogens (tertiary/aromatic N) is 5. The molecule has 19 heavy (non-hydrogen) atoms. The van der Waals surface area contributed by atoms with E-state index in [4.69, 9.17) is 10.8 Å². The van der Waals surface area contributed by atoms with Gasteiger partial charge in [-0.1, -0.05) is 25.9 Å². The monoisotopic (exact) mass is 278 g/mol. The molecule has 0 aliphatic carbocycles. The van der Waals surface area contributed by atoms with E-state index < -0.39 is 6.04 Å². The molecule has 6 nitrogen and oxygen atoms in total. The Kier molecular flexibility index (Phi) is 5.77. The second kappa shape index (κ2) is 7.10. The lowest BCUT2D eigenvalue weighted by atomic mass is 9.98. The van der Waals surface area contributed by atoms with Gasteiger partial charge in [-0.15, -0.1) is 11.3 Å². The van der Waals surface area contributed by atoms with Gasteiger partial charge in [0.25, 0.3) is 0 Å². The predicted molar refractivity (Wildman–Crippen MR) is 75.8 cm³/mol. The first-order valence-corrected chi connectivity index (χ1v) is 6.96. The fourth-order valence-electron chi connectivity index (χ4n) is 1.42. The number of rotatable bonds is 6. The molecule has 0 aliphatic rings. The number of thiazole rings is 1. The minimum Gasteiger partial charge on any atom is -0.297 e. The van der Waals surface area contributed by atoms with E-state index in [0.29, 0.717) is 19.5 Å². The van der Waals surface area contributed by atoms with Crippen molar-refractivity contribution < 1.29 is 0 Å². The van der Waals surface area contributed by atoms with Crippen LogP contribution in [0.5, 0.6) is 0 Å². The third-order valence-corrected chi connectivity index (χ3v) is 3.72. The molecule has 0 saturated carbocycles. The Morgan fingerprint density at radius 3 is 2.89 bits per heavy atom. The highest BCUT2D eigenvalue weighted by atomic mass is 32.1. The molecule has 1 aromatic heterocycles. The van der Waals surface area contributed by atoms with Crippen molar-refractivity contribution in [2.45, 2.75) is 38.6 Å². The molecule has 7 heteroatoms. The number of hydrogen-bond donors (Lipinski definition) is 1. The highest BCUT2D eigenvalue weighted by Crippen LogP contribution is 2.27. The zero-order valence-corrected chi connectivity index (χ0v) is 12.2. The zero-order chi connectivity index (χ0) is 14.3. The molecule has 1 unspecified atom stereocenters. The Morgan fingerprint density at radius 2 is 2.37 bits per heavy atom. The van der Waals surface area contributed by atoms with Gasteiger partial charge in [-0.2, -0.15) is 5.26 Å². The third-order valence-electron chi connectivity index (χ3n) is 2.44. The van der Waals surface area contributed by atoms with Crippen LogP contribution in [-0.4, -0.2) is 18.1 Å². The minimum atomic E-state index is -0.404. The van der Waals surface area contributed by atoms with Gasteiger partial charge in [0, 0.05) is 22.3 Å². The average Bonchev–Trinajstić information content (AvgIpc) is 2.83. The maximum Gasteiger partial charge on any atom is 0.139 e. The lowest BCUT2D eigenvalue weighted by Gasteiger charge is -2.14. The molecule has 0 saturated heterocycles. The Labute approximate surface area is 117 Å². The summed E-state index contributed by atoms with van der Waals surface area (Å²) in [5, 5.41) is 18.7. The maximum absolute atomic E-state index is 9.16. The predicted octanol–water partition coefficient (Wildman–Crippen LogP) is 3.30. The summed E-state index contributed by atoms with van der Waals surface area (Å²) in [7, 11) is 0. The molecular formula is C12H18N6S. The molecule has 0 amide bonds. The number of aromatic nitrogens is 1. The first kappa shape index (κ1) is 15.4. The standard InChI is InChI=1S/C12H18N6S/c1-12(2,3)11-17-10(8-19-11)9(7-13)15-5-4-6-16-18-14/h8-9,15H,4-6H2,1-3H3. The van der Waals surface area contributed by atoms with E-state index >= 15 is 0 Å². The lowest BCUT2D eigenvalue weighted by molar-refractivity contribution is 0.568. The van der Waals surface area contributed by atoms with Crippen molar-refractivity contribution in [1.82, 2.24) is 10.3 Å². The lowest BCUT2D eigenvalue weighted by Crippen LogP contribution is -2.22. The molecule has 0 aliphatic heterocycles. The summed E-state index contributed by atoms with van der Waals surface area (Å²) >= 11 is 1.58. The Hall–Kier alpha value is -1.61. The van der Waals surface area contributed by atoms with Crippen molar-refractivity contribution in [3.63, 3.8) is 0 Å². The van der Waals surface area contributed by atoms with Gasteiger partial charge in [-0.25, -0.2) is 4.98 Å². The van der Waals surface area contributed by atoms with Crippen LogP contribution in [0.3, 0.4) is 0 Å².